The first kappa shape index (κ1) is 28.4. The van der Waals surface area contributed by atoms with Crippen LogP contribution in [0, 0.1) is 0 Å². The molecule has 0 spiro atoms. The van der Waals surface area contributed by atoms with E-state index >= 15 is 0 Å². The highest BCUT2D eigenvalue weighted by molar-refractivity contribution is 7.99. The first-order valence-electron chi connectivity index (χ1n) is 11.7. The molecule has 1 amide bonds. The lowest BCUT2D eigenvalue weighted by Gasteiger charge is -2.36. The molecule has 1 saturated heterocycles. The smallest absolute Gasteiger partial charge is 0.416 e. The summed E-state index contributed by atoms with van der Waals surface area (Å²) in [6, 6.07) is 11.1. The normalized spacial score (nSPS) is 15.7. The van der Waals surface area contributed by atoms with Crippen molar-refractivity contribution in [2.45, 2.75) is 23.9 Å². The van der Waals surface area contributed by atoms with Crippen molar-refractivity contribution in [3.63, 3.8) is 0 Å². The van der Waals surface area contributed by atoms with Crippen LogP contribution < -0.4 is 15.4 Å². The third-order valence-corrected chi connectivity index (χ3v) is 7.15. The highest BCUT2D eigenvalue weighted by atomic mass is 32.2. The fourth-order valence-electron chi connectivity index (χ4n) is 3.99. The first-order valence-corrected chi connectivity index (χ1v) is 12.7. The summed E-state index contributed by atoms with van der Waals surface area (Å²) in [5.74, 6) is 0.116. The number of hydrogen-bond acceptors (Lipinski definition) is 6. The van der Waals surface area contributed by atoms with E-state index < -0.39 is 17.7 Å². The van der Waals surface area contributed by atoms with Gasteiger partial charge in [0.2, 0.25) is 5.91 Å². The standard InChI is InChI=1S/C15H20F3N3O.C11H10O3S/c16-15(17,18)12-3-1-4-13(11-12)21-9-7-20(8-10-21)6-2-5-14(19)22;1-14-9-2-3-10-7(5-9)4-8(6-15-10)11(12)13/h1,3-4,11H,2,5-10H2,(H2,19,22);2-5H,6H2,1H3,(H,12,13). The molecule has 200 valence electrons. The van der Waals surface area contributed by atoms with Gasteiger partial charge in [0, 0.05) is 54.5 Å². The van der Waals surface area contributed by atoms with E-state index in [1.165, 1.54) is 23.9 Å². The molecule has 2 aliphatic rings. The number of nitrogens with zero attached hydrogens (tertiary/aromatic N) is 2. The number of benzene rings is 2. The number of primary amides is 1. The summed E-state index contributed by atoms with van der Waals surface area (Å²) in [4.78, 5) is 26.8. The lowest BCUT2D eigenvalue weighted by Crippen LogP contribution is -2.46. The Morgan fingerprint density at radius 1 is 1.11 bits per heavy atom. The fourth-order valence-corrected chi connectivity index (χ4v) is 4.96. The predicted octanol–water partition coefficient (Wildman–Crippen LogP) is 4.36. The van der Waals surface area contributed by atoms with E-state index in [1.807, 2.05) is 23.1 Å². The number of aliphatic carboxylic acids is 1. The second-order valence-electron chi connectivity index (χ2n) is 8.61. The molecule has 0 bridgehead atoms. The highest BCUT2D eigenvalue weighted by Crippen LogP contribution is 2.34. The van der Waals surface area contributed by atoms with Gasteiger partial charge < -0.3 is 20.5 Å². The van der Waals surface area contributed by atoms with Crippen molar-refractivity contribution in [1.82, 2.24) is 4.90 Å². The number of nitrogens with two attached hydrogens (primary N) is 1. The van der Waals surface area contributed by atoms with Crippen LogP contribution in [-0.2, 0) is 15.8 Å². The summed E-state index contributed by atoms with van der Waals surface area (Å²) in [6.07, 6.45) is -1.52. The monoisotopic (exact) mass is 537 g/mol. The molecule has 1 fully saturated rings. The molecule has 11 heteroatoms. The summed E-state index contributed by atoms with van der Waals surface area (Å²) < 4.78 is 43.3. The van der Waals surface area contributed by atoms with Gasteiger partial charge in [-0.05, 0) is 61.0 Å². The van der Waals surface area contributed by atoms with Crippen molar-refractivity contribution >= 4 is 35.4 Å². The fraction of sp³-hybridized carbons (Fsp3) is 0.385. The van der Waals surface area contributed by atoms with Crippen LogP contribution >= 0.6 is 11.8 Å². The SMILES string of the molecule is COc1ccc2c(c1)C=C(C(=O)O)CS2.NC(=O)CCCN1CCN(c2cccc(C(F)(F)F)c2)CC1. The summed E-state index contributed by atoms with van der Waals surface area (Å²) >= 11 is 1.54. The van der Waals surface area contributed by atoms with Crippen LogP contribution in [0.3, 0.4) is 0 Å². The van der Waals surface area contributed by atoms with Crippen LogP contribution in [0.1, 0.15) is 24.0 Å². The maximum atomic E-state index is 12.7. The summed E-state index contributed by atoms with van der Waals surface area (Å²) in [7, 11) is 1.60. The number of methoxy groups -OCH3 is 1. The summed E-state index contributed by atoms with van der Waals surface area (Å²) in [6.45, 7) is 3.69. The van der Waals surface area contributed by atoms with Gasteiger partial charge >= 0.3 is 12.1 Å². The molecule has 2 aromatic carbocycles. The van der Waals surface area contributed by atoms with E-state index in [-0.39, 0.29) is 5.91 Å². The lowest BCUT2D eigenvalue weighted by atomic mass is 10.1. The molecular formula is C26H30F3N3O4S. The molecular weight excluding hydrogens is 507 g/mol. The molecule has 2 aromatic rings. The van der Waals surface area contributed by atoms with Crippen LogP contribution in [0.5, 0.6) is 5.75 Å². The minimum Gasteiger partial charge on any atom is -0.497 e. The number of anilines is 1. The van der Waals surface area contributed by atoms with Crippen molar-refractivity contribution in [2.24, 2.45) is 5.73 Å². The van der Waals surface area contributed by atoms with E-state index in [0.29, 0.717) is 36.5 Å². The molecule has 4 rings (SSSR count). The number of fused-ring (bicyclic) bond motifs is 1. The van der Waals surface area contributed by atoms with Gasteiger partial charge in [0.15, 0.2) is 0 Å². The molecule has 2 heterocycles. The Labute approximate surface area is 218 Å². The maximum Gasteiger partial charge on any atom is 0.416 e. The van der Waals surface area contributed by atoms with Crippen molar-refractivity contribution in [1.29, 1.82) is 0 Å². The van der Waals surface area contributed by atoms with Crippen LogP contribution in [0.25, 0.3) is 6.08 Å². The number of thioether (sulfide) groups is 1. The molecule has 0 aliphatic carbocycles. The zero-order valence-corrected chi connectivity index (χ0v) is 21.3. The molecule has 2 aliphatic heterocycles. The van der Waals surface area contributed by atoms with Gasteiger partial charge in [0.1, 0.15) is 5.75 Å². The zero-order chi connectivity index (χ0) is 27.0. The average molecular weight is 538 g/mol. The highest BCUT2D eigenvalue weighted by Gasteiger charge is 2.31. The van der Waals surface area contributed by atoms with E-state index in [4.69, 9.17) is 15.6 Å². The Balaban J connectivity index is 0.000000220. The lowest BCUT2D eigenvalue weighted by molar-refractivity contribution is -0.137. The first-order chi connectivity index (χ1) is 17.6. The number of carbonyl (C=O) groups is 2. The minimum absolute atomic E-state index is 0.303. The molecule has 0 radical (unpaired) electrons. The molecule has 37 heavy (non-hydrogen) atoms. The molecule has 7 nitrogen and oxygen atoms in total. The van der Waals surface area contributed by atoms with Crippen LogP contribution in [-0.4, -0.2) is 67.5 Å². The molecule has 0 unspecified atom stereocenters. The zero-order valence-electron chi connectivity index (χ0n) is 20.5. The van der Waals surface area contributed by atoms with Crippen LogP contribution in [0.15, 0.2) is 52.9 Å². The quantitative estimate of drug-likeness (QED) is 0.542. The Morgan fingerprint density at radius 3 is 2.46 bits per heavy atom. The molecule has 3 N–H and O–H groups in total. The molecule has 0 atom stereocenters. The Hall–Kier alpha value is -3.18. The number of carbonyl (C=O) groups excluding carboxylic acids is 1. The van der Waals surface area contributed by atoms with E-state index in [1.54, 1.807) is 19.3 Å². The third kappa shape index (κ3) is 8.43. The predicted molar refractivity (Wildman–Crippen MR) is 138 cm³/mol. The maximum absolute atomic E-state index is 12.7. The van der Waals surface area contributed by atoms with Crippen molar-refractivity contribution < 1.29 is 32.6 Å². The van der Waals surface area contributed by atoms with Gasteiger partial charge in [-0.25, -0.2) is 4.79 Å². The average Bonchev–Trinajstić information content (AvgIpc) is 2.88. The second-order valence-corrected chi connectivity index (χ2v) is 9.63. The Morgan fingerprint density at radius 2 is 1.84 bits per heavy atom. The number of carboxylic acids is 1. The molecule has 0 aromatic heterocycles. The van der Waals surface area contributed by atoms with Gasteiger partial charge in [-0.1, -0.05) is 6.07 Å². The van der Waals surface area contributed by atoms with Crippen molar-refractivity contribution in [3.8, 4) is 5.75 Å². The van der Waals surface area contributed by atoms with Crippen LogP contribution in [0.2, 0.25) is 0 Å². The minimum atomic E-state index is -4.31. The number of alkyl halides is 3. The largest absolute Gasteiger partial charge is 0.497 e. The van der Waals surface area contributed by atoms with Gasteiger partial charge in [0.25, 0.3) is 0 Å². The van der Waals surface area contributed by atoms with E-state index in [2.05, 4.69) is 4.90 Å². The number of carboxylic acid groups (broad SMARTS) is 1. The van der Waals surface area contributed by atoms with Gasteiger partial charge in [0.05, 0.1) is 12.7 Å². The van der Waals surface area contributed by atoms with Gasteiger partial charge in [-0.3, -0.25) is 9.69 Å². The van der Waals surface area contributed by atoms with Crippen LogP contribution in [0.4, 0.5) is 18.9 Å². The van der Waals surface area contributed by atoms with Gasteiger partial charge in [-0.15, -0.1) is 11.8 Å². The number of halogens is 3. The number of ether oxygens (including phenoxy) is 1. The van der Waals surface area contributed by atoms with E-state index in [0.717, 1.165) is 48.3 Å². The number of rotatable bonds is 7. The summed E-state index contributed by atoms with van der Waals surface area (Å²) in [5.41, 5.74) is 6.44. The molecule has 0 saturated carbocycles. The van der Waals surface area contributed by atoms with Gasteiger partial charge in [-0.2, -0.15) is 13.2 Å². The Kier molecular flexibility index (Phi) is 9.87. The second kappa shape index (κ2) is 12.9. The topological polar surface area (TPSA) is 96.1 Å². The number of piperazine rings is 1. The Bertz CT molecular complexity index is 1130. The third-order valence-electron chi connectivity index (χ3n) is 6.01. The van der Waals surface area contributed by atoms with Crippen molar-refractivity contribution in [3.05, 3.63) is 59.2 Å². The number of hydrogen-bond donors (Lipinski definition) is 2. The van der Waals surface area contributed by atoms with E-state index in [9.17, 15) is 22.8 Å². The number of amides is 1. The van der Waals surface area contributed by atoms with Crippen molar-refractivity contribution in [2.75, 3.05) is 50.5 Å². The summed E-state index contributed by atoms with van der Waals surface area (Å²) in [5, 5.41) is 8.88.